The summed E-state index contributed by atoms with van der Waals surface area (Å²) in [5.74, 6) is -1.25. The summed E-state index contributed by atoms with van der Waals surface area (Å²) in [7, 11) is -3.79. The smallest absolute Gasteiger partial charge is 0.325 e. The largest absolute Gasteiger partial charge is 0.460 e. The second kappa shape index (κ2) is 10.4. The van der Waals surface area contributed by atoms with Crippen molar-refractivity contribution in [2.75, 3.05) is 19.7 Å². The predicted octanol–water partition coefficient (Wildman–Crippen LogP) is 1.65. The van der Waals surface area contributed by atoms with Crippen LogP contribution in [0.15, 0.2) is 65.6 Å². The predicted molar refractivity (Wildman–Crippen MR) is 106 cm³/mol. The summed E-state index contributed by atoms with van der Waals surface area (Å²) in [4.78, 5) is 23.4. The molecule has 0 aliphatic heterocycles. The summed E-state index contributed by atoms with van der Waals surface area (Å²) < 4.78 is 31.3. The van der Waals surface area contributed by atoms with Crippen LogP contribution in [0.25, 0.3) is 6.08 Å². The molecule has 8 heteroatoms. The van der Waals surface area contributed by atoms with E-state index in [9.17, 15) is 18.0 Å². The minimum absolute atomic E-state index is 0.0653. The van der Waals surface area contributed by atoms with Crippen molar-refractivity contribution in [3.05, 3.63) is 71.8 Å². The van der Waals surface area contributed by atoms with Gasteiger partial charge in [0.1, 0.15) is 13.2 Å². The molecule has 0 unspecified atom stereocenters. The van der Waals surface area contributed by atoms with E-state index in [1.807, 2.05) is 43.3 Å². The van der Waals surface area contributed by atoms with E-state index in [1.54, 1.807) is 18.2 Å². The average Bonchev–Trinajstić information content (AvgIpc) is 2.69. The highest BCUT2D eigenvalue weighted by molar-refractivity contribution is 7.89. The molecule has 7 nitrogen and oxygen atoms in total. The number of esters is 1. The van der Waals surface area contributed by atoms with Crippen molar-refractivity contribution in [1.29, 1.82) is 0 Å². The van der Waals surface area contributed by atoms with Crippen molar-refractivity contribution in [2.24, 2.45) is 0 Å². The molecule has 0 atom stereocenters. The van der Waals surface area contributed by atoms with Crippen molar-refractivity contribution in [1.82, 2.24) is 10.0 Å². The fourth-order valence-electron chi connectivity index (χ4n) is 2.14. The monoisotopic (exact) mass is 402 g/mol. The molecule has 0 aliphatic rings. The van der Waals surface area contributed by atoms with Crippen LogP contribution in [0.1, 0.15) is 11.1 Å². The fourth-order valence-corrected chi connectivity index (χ4v) is 3.12. The first-order chi connectivity index (χ1) is 13.4. The zero-order valence-corrected chi connectivity index (χ0v) is 16.2. The van der Waals surface area contributed by atoms with Gasteiger partial charge in [0.25, 0.3) is 0 Å². The van der Waals surface area contributed by atoms with Crippen LogP contribution in [-0.4, -0.2) is 40.0 Å². The third-order valence-corrected chi connectivity index (χ3v) is 5.05. The van der Waals surface area contributed by atoms with Crippen LogP contribution in [-0.2, 0) is 24.3 Å². The number of sulfonamides is 1. The number of benzene rings is 2. The molecule has 0 heterocycles. The number of carbonyl (C=O) groups is 2. The third kappa shape index (κ3) is 7.34. The first-order valence-corrected chi connectivity index (χ1v) is 10.1. The number of aryl methyl sites for hydroxylation is 1. The second-order valence-electron chi connectivity index (χ2n) is 5.91. The van der Waals surface area contributed by atoms with E-state index in [2.05, 4.69) is 10.0 Å². The van der Waals surface area contributed by atoms with E-state index < -0.39 is 28.4 Å². The highest BCUT2D eigenvalue weighted by atomic mass is 32.2. The third-order valence-electron chi connectivity index (χ3n) is 3.63. The van der Waals surface area contributed by atoms with Crippen molar-refractivity contribution in [2.45, 2.75) is 11.8 Å². The molecule has 0 fully saturated rings. The topological polar surface area (TPSA) is 102 Å². The van der Waals surface area contributed by atoms with Crippen molar-refractivity contribution in [3.8, 4) is 0 Å². The van der Waals surface area contributed by atoms with Crippen LogP contribution in [0.5, 0.6) is 0 Å². The van der Waals surface area contributed by atoms with Gasteiger partial charge in [-0.25, -0.2) is 13.1 Å². The molecular weight excluding hydrogens is 380 g/mol. The molecule has 2 aromatic rings. The molecule has 0 saturated carbocycles. The Hall–Kier alpha value is -2.97. The van der Waals surface area contributed by atoms with Crippen LogP contribution < -0.4 is 10.0 Å². The maximum atomic E-state index is 12.1. The molecule has 2 N–H and O–H groups in total. The molecule has 2 aromatic carbocycles. The molecule has 0 saturated heterocycles. The van der Waals surface area contributed by atoms with Gasteiger partial charge in [-0.15, -0.1) is 0 Å². The normalized spacial score (nSPS) is 11.3. The Labute approximate surface area is 164 Å². The molecule has 0 bridgehead atoms. The molecule has 28 heavy (non-hydrogen) atoms. The van der Waals surface area contributed by atoms with Gasteiger partial charge in [-0.3, -0.25) is 9.59 Å². The van der Waals surface area contributed by atoms with E-state index in [4.69, 9.17) is 4.74 Å². The summed E-state index contributed by atoms with van der Waals surface area (Å²) >= 11 is 0. The summed E-state index contributed by atoms with van der Waals surface area (Å²) in [5.41, 5.74) is 1.90. The number of hydrogen-bond acceptors (Lipinski definition) is 5. The van der Waals surface area contributed by atoms with Gasteiger partial charge >= 0.3 is 5.97 Å². The molecule has 0 aliphatic carbocycles. The molecule has 1 amide bonds. The Bertz CT molecular complexity index is 923. The first-order valence-electron chi connectivity index (χ1n) is 8.57. The van der Waals surface area contributed by atoms with Crippen molar-refractivity contribution < 1.29 is 22.7 Å². The molecule has 2 rings (SSSR count). The SMILES string of the molecule is Cc1ccc(S(=O)(=O)NCC(=O)NCC(=O)OC/C=C/c2ccccc2)cc1. The van der Waals surface area contributed by atoms with Gasteiger partial charge in [0.15, 0.2) is 0 Å². The number of hydrogen-bond donors (Lipinski definition) is 2. The second-order valence-corrected chi connectivity index (χ2v) is 7.68. The summed E-state index contributed by atoms with van der Waals surface area (Å²) in [6.07, 6.45) is 3.50. The highest BCUT2D eigenvalue weighted by Crippen LogP contribution is 2.09. The zero-order valence-electron chi connectivity index (χ0n) is 15.4. The number of rotatable bonds is 9. The number of carbonyl (C=O) groups excluding carboxylic acids is 2. The van der Waals surface area contributed by atoms with Crippen LogP contribution in [0.3, 0.4) is 0 Å². The summed E-state index contributed by atoms with van der Waals surface area (Å²) in [6.45, 7) is 1.10. The first kappa shape index (κ1) is 21.3. The van der Waals surface area contributed by atoms with E-state index in [-0.39, 0.29) is 18.0 Å². The summed E-state index contributed by atoms with van der Waals surface area (Å²) in [6, 6.07) is 15.8. The van der Waals surface area contributed by atoms with E-state index in [1.165, 1.54) is 12.1 Å². The number of nitrogens with one attached hydrogen (secondary N) is 2. The minimum Gasteiger partial charge on any atom is -0.460 e. The van der Waals surface area contributed by atoms with Gasteiger partial charge < -0.3 is 10.1 Å². The van der Waals surface area contributed by atoms with Crippen LogP contribution in [0, 0.1) is 6.92 Å². The lowest BCUT2D eigenvalue weighted by atomic mass is 10.2. The Balaban J connectivity index is 1.68. The van der Waals surface area contributed by atoms with Crippen LogP contribution in [0.4, 0.5) is 0 Å². The summed E-state index contributed by atoms with van der Waals surface area (Å²) in [5, 5.41) is 2.31. The average molecular weight is 402 g/mol. The van der Waals surface area contributed by atoms with Gasteiger partial charge in [-0.1, -0.05) is 54.1 Å². The molecular formula is C20H22N2O5S. The molecule has 0 radical (unpaired) electrons. The van der Waals surface area contributed by atoms with Gasteiger partial charge in [0, 0.05) is 0 Å². The van der Waals surface area contributed by atoms with Crippen molar-refractivity contribution >= 4 is 28.0 Å². The van der Waals surface area contributed by atoms with E-state index >= 15 is 0 Å². The maximum Gasteiger partial charge on any atom is 0.325 e. The quantitative estimate of drug-likeness (QED) is 0.621. The lowest BCUT2D eigenvalue weighted by Crippen LogP contribution is -2.39. The minimum atomic E-state index is -3.79. The Kier molecular flexibility index (Phi) is 7.91. The molecule has 148 valence electrons. The Morgan fingerprint density at radius 2 is 1.68 bits per heavy atom. The lowest BCUT2D eigenvalue weighted by Gasteiger charge is -2.08. The van der Waals surface area contributed by atoms with Gasteiger partial charge in [-0.2, -0.15) is 0 Å². The molecule has 0 aromatic heterocycles. The lowest BCUT2D eigenvalue weighted by molar-refractivity contribution is -0.142. The van der Waals surface area contributed by atoms with Gasteiger partial charge in [0.2, 0.25) is 15.9 Å². The number of amides is 1. The standard InChI is InChI=1S/C20H22N2O5S/c1-16-9-11-18(12-10-16)28(25,26)22-14-19(23)21-15-20(24)27-13-5-8-17-6-3-2-4-7-17/h2-12,22H,13-15H2,1H3,(H,21,23)/b8-5+. The van der Waals surface area contributed by atoms with Crippen molar-refractivity contribution in [3.63, 3.8) is 0 Å². The Morgan fingerprint density at radius 1 is 1.00 bits per heavy atom. The molecule has 0 spiro atoms. The highest BCUT2D eigenvalue weighted by Gasteiger charge is 2.15. The van der Waals surface area contributed by atoms with Gasteiger partial charge in [-0.05, 0) is 30.7 Å². The van der Waals surface area contributed by atoms with Gasteiger partial charge in [0.05, 0.1) is 11.4 Å². The van der Waals surface area contributed by atoms with Crippen LogP contribution in [0.2, 0.25) is 0 Å². The van der Waals surface area contributed by atoms with E-state index in [0.717, 1.165) is 11.1 Å². The Morgan fingerprint density at radius 3 is 2.36 bits per heavy atom. The fraction of sp³-hybridized carbons (Fsp3) is 0.200. The zero-order chi connectivity index (χ0) is 20.4. The maximum absolute atomic E-state index is 12.1. The number of ether oxygens (including phenoxy) is 1. The van der Waals surface area contributed by atoms with Crippen LogP contribution >= 0.6 is 0 Å². The van der Waals surface area contributed by atoms with E-state index in [0.29, 0.717) is 0 Å².